The van der Waals surface area contributed by atoms with E-state index in [0.717, 1.165) is 50.3 Å². The zero-order chi connectivity index (χ0) is 13.9. The van der Waals surface area contributed by atoms with E-state index >= 15 is 0 Å². The van der Waals surface area contributed by atoms with Crippen molar-refractivity contribution in [3.8, 4) is 0 Å². The maximum atomic E-state index is 12.8. The van der Waals surface area contributed by atoms with Crippen LogP contribution in [-0.2, 0) is 13.0 Å². The second kappa shape index (κ2) is 6.18. The van der Waals surface area contributed by atoms with Crippen LogP contribution in [0, 0.1) is 0 Å². The zero-order valence-electron chi connectivity index (χ0n) is 11.9. The van der Waals surface area contributed by atoms with Gasteiger partial charge in [0.05, 0.1) is 0 Å². The van der Waals surface area contributed by atoms with E-state index in [2.05, 4.69) is 21.8 Å². The molecule has 0 radical (unpaired) electrons. The van der Waals surface area contributed by atoms with Crippen LogP contribution in [0.2, 0.25) is 0 Å². The molecule has 2 aliphatic heterocycles. The molecule has 110 valence electrons. The molecule has 1 atom stereocenters. The number of aromatic amines is 1. The van der Waals surface area contributed by atoms with E-state index in [1.165, 1.54) is 12.8 Å². The Morgan fingerprint density at radius 3 is 3.20 bits per heavy atom. The predicted molar refractivity (Wildman–Crippen MR) is 81.1 cm³/mol. The van der Waals surface area contributed by atoms with Crippen LogP contribution >= 0.6 is 11.8 Å². The molecule has 1 amide bonds. The molecule has 1 fully saturated rings. The number of amides is 1. The summed E-state index contributed by atoms with van der Waals surface area (Å²) in [6.07, 6.45) is 6.61. The summed E-state index contributed by atoms with van der Waals surface area (Å²) in [7, 11) is 0. The Morgan fingerprint density at radius 2 is 2.35 bits per heavy atom. The maximum absolute atomic E-state index is 12.8. The van der Waals surface area contributed by atoms with Crippen molar-refractivity contribution in [3.63, 3.8) is 0 Å². The van der Waals surface area contributed by atoms with Gasteiger partial charge in [-0.2, -0.15) is 16.9 Å². The van der Waals surface area contributed by atoms with E-state index in [0.29, 0.717) is 10.9 Å². The molecule has 5 nitrogen and oxygen atoms in total. The van der Waals surface area contributed by atoms with Crippen LogP contribution in [0.4, 0.5) is 0 Å². The molecule has 0 spiro atoms. The lowest BCUT2D eigenvalue weighted by Gasteiger charge is -2.23. The normalized spacial score (nSPS) is 23.2. The number of rotatable bonds is 2. The summed E-state index contributed by atoms with van der Waals surface area (Å²) in [6, 6.07) is 0. The Bertz CT molecular complexity index is 488. The molecule has 0 bridgehead atoms. The van der Waals surface area contributed by atoms with Gasteiger partial charge in [0.25, 0.3) is 5.91 Å². The SMILES string of the molecule is CSC1CCCCN(C(=O)c2n[nH]c3c2CNCC3)C1. The molecule has 0 saturated carbocycles. The molecule has 1 aromatic rings. The van der Waals surface area contributed by atoms with Gasteiger partial charge in [0.15, 0.2) is 5.69 Å². The number of H-pyrrole nitrogens is 1. The van der Waals surface area contributed by atoms with E-state index < -0.39 is 0 Å². The van der Waals surface area contributed by atoms with Crippen LogP contribution in [0.25, 0.3) is 0 Å². The molecule has 1 aromatic heterocycles. The fourth-order valence-corrected chi connectivity index (χ4v) is 3.76. The highest BCUT2D eigenvalue weighted by atomic mass is 32.2. The molecular weight excluding hydrogens is 272 g/mol. The second-order valence-electron chi connectivity index (χ2n) is 5.56. The van der Waals surface area contributed by atoms with E-state index in [9.17, 15) is 4.79 Å². The summed E-state index contributed by atoms with van der Waals surface area (Å²) in [5, 5.41) is 11.2. The molecule has 2 aliphatic rings. The molecule has 6 heteroatoms. The molecule has 0 aliphatic carbocycles. The van der Waals surface area contributed by atoms with Crippen LogP contribution in [0.5, 0.6) is 0 Å². The number of thioether (sulfide) groups is 1. The number of nitrogens with zero attached hydrogens (tertiary/aromatic N) is 2. The minimum absolute atomic E-state index is 0.104. The molecular formula is C14H22N4OS. The van der Waals surface area contributed by atoms with Crippen LogP contribution in [-0.4, -0.2) is 52.1 Å². The van der Waals surface area contributed by atoms with E-state index in [1.54, 1.807) is 0 Å². The first-order valence-electron chi connectivity index (χ1n) is 7.38. The fourth-order valence-electron chi connectivity index (χ4n) is 3.03. The van der Waals surface area contributed by atoms with E-state index in [1.807, 2.05) is 16.7 Å². The highest BCUT2D eigenvalue weighted by molar-refractivity contribution is 7.99. The summed E-state index contributed by atoms with van der Waals surface area (Å²) < 4.78 is 0. The number of nitrogens with one attached hydrogen (secondary N) is 2. The number of aromatic nitrogens is 2. The number of fused-ring (bicyclic) bond motifs is 1. The zero-order valence-corrected chi connectivity index (χ0v) is 12.8. The van der Waals surface area contributed by atoms with Gasteiger partial charge in [0.2, 0.25) is 0 Å². The standard InChI is InChI=1S/C14H22N4OS/c1-20-10-4-2-3-7-18(9-10)14(19)13-11-8-15-6-5-12(11)16-17-13/h10,15H,2-9H2,1H3,(H,16,17). The van der Waals surface area contributed by atoms with Crippen LogP contribution in [0.15, 0.2) is 0 Å². The number of hydrogen-bond donors (Lipinski definition) is 2. The van der Waals surface area contributed by atoms with Crippen molar-refractivity contribution in [1.29, 1.82) is 0 Å². The van der Waals surface area contributed by atoms with Crippen molar-refractivity contribution >= 4 is 17.7 Å². The van der Waals surface area contributed by atoms with Gasteiger partial charge in [-0.1, -0.05) is 6.42 Å². The van der Waals surface area contributed by atoms with Crippen LogP contribution < -0.4 is 5.32 Å². The Labute approximate surface area is 123 Å². The van der Waals surface area contributed by atoms with Crippen molar-refractivity contribution in [2.75, 3.05) is 25.9 Å². The topological polar surface area (TPSA) is 61.0 Å². The quantitative estimate of drug-likeness (QED) is 0.866. The summed E-state index contributed by atoms with van der Waals surface area (Å²) in [4.78, 5) is 14.8. The average Bonchev–Trinajstić information content (AvgIpc) is 2.76. The first-order chi connectivity index (χ1) is 9.79. The first-order valence-corrected chi connectivity index (χ1v) is 8.67. The molecule has 1 unspecified atom stereocenters. The van der Waals surface area contributed by atoms with Crippen LogP contribution in [0.1, 0.15) is 41.0 Å². The Balaban J connectivity index is 1.79. The molecule has 2 N–H and O–H groups in total. The molecule has 0 aromatic carbocycles. The van der Waals surface area contributed by atoms with Gasteiger partial charge in [-0.25, -0.2) is 0 Å². The number of hydrogen-bond acceptors (Lipinski definition) is 4. The third-order valence-electron chi connectivity index (χ3n) is 4.26. The third kappa shape index (κ3) is 2.72. The molecule has 3 rings (SSSR count). The van der Waals surface area contributed by atoms with Crippen molar-refractivity contribution in [3.05, 3.63) is 17.0 Å². The van der Waals surface area contributed by atoms with E-state index in [4.69, 9.17) is 0 Å². The Hall–Kier alpha value is -1.01. The van der Waals surface area contributed by atoms with Gasteiger partial charge in [0, 0.05) is 49.1 Å². The van der Waals surface area contributed by atoms with E-state index in [-0.39, 0.29) is 5.91 Å². The smallest absolute Gasteiger partial charge is 0.274 e. The average molecular weight is 294 g/mol. The summed E-state index contributed by atoms with van der Waals surface area (Å²) in [5.74, 6) is 0.104. The highest BCUT2D eigenvalue weighted by Crippen LogP contribution is 2.23. The van der Waals surface area contributed by atoms with Crippen molar-refractivity contribution in [2.45, 2.75) is 37.5 Å². The summed E-state index contributed by atoms with van der Waals surface area (Å²) in [6.45, 7) is 3.44. The lowest BCUT2D eigenvalue weighted by molar-refractivity contribution is 0.0756. The summed E-state index contributed by atoms with van der Waals surface area (Å²) >= 11 is 1.87. The minimum Gasteiger partial charge on any atom is -0.336 e. The largest absolute Gasteiger partial charge is 0.336 e. The minimum atomic E-state index is 0.104. The number of carbonyl (C=O) groups is 1. The van der Waals surface area contributed by atoms with Gasteiger partial charge < -0.3 is 10.2 Å². The molecule has 1 saturated heterocycles. The lowest BCUT2D eigenvalue weighted by atomic mass is 10.1. The third-order valence-corrected chi connectivity index (χ3v) is 5.31. The Morgan fingerprint density at radius 1 is 1.45 bits per heavy atom. The lowest BCUT2D eigenvalue weighted by Crippen LogP contribution is -2.36. The highest BCUT2D eigenvalue weighted by Gasteiger charge is 2.28. The van der Waals surface area contributed by atoms with Crippen LogP contribution in [0.3, 0.4) is 0 Å². The molecule has 3 heterocycles. The predicted octanol–water partition coefficient (Wildman–Crippen LogP) is 1.41. The second-order valence-corrected chi connectivity index (χ2v) is 6.70. The summed E-state index contributed by atoms with van der Waals surface area (Å²) in [5.41, 5.74) is 2.84. The van der Waals surface area contributed by atoms with Gasteiger partial charge in [-0.15, -0.1) is 0 Å². The van der Waals surface area contributed by atoms with Gasteiger partial charge >= 0.3 is 0 Å². The van der Waals surface area contributed by atoms with Gasteiger partial charge in [-0.3, -0.25) is 9.89 Å². The monoisotopic (exact) mass is 294 g/mol. The maximum Gasteiger partial charge on any atom is 0.274 e. The van der Waals surface area contributed by atoms with Crippen molar-refractivity contribution < 1.29 is 4.79 Å². The number of likely N-dealkylation sites (tertiary alicyclic amines) is 1. The van der Waals surface area contributed by atoms with Crippen molar-refractivity contribution in [1.82, 2.24) is 20.4 Å². The van der Waals surface area contributed by atoms with Crippen molar-refractivity contribution in [2.24, 2.45) is 0 Å². The Kier molecular flexibility index (Phi) is 4.31. The fraction of sp³-hybridized carbons (Fsp3) is 0.714. The number of carbonyl (C=O) groups excluding carboxylic acids is 1. The van der Waals surface area contributed by atoms with Gasteiger partial charge in [0.1, 0.15) is 0 Å². The van der Waals surface area contributed by atoms with Gasteiger partial charge in [-0.05, 0) is 19.1 Å². The first kappa shape index (κ1) is 13.9. The molecule has 20 heavy (non-hydrogen) atoms.